The Balaban J connectivity index is 1.47. The van der Waals surface area contributed by atoms with E-state index in [9.17, 15) is 4.79 Å². The molecule has 34 heavy (non-hydrogen) atoms. The molecule has 0 aliphatic carbocycles. The molecule has 180 valence electrons. The fourth-order valence-electron chi connectivity index (χ4n) is 4.26. The summed E-state index contributed by atoms with van der Waals surface area (Å²) >= 11 is 0. The number of rotatable bonds is 8. The monoisotopic (exact) mass is 463 g/mol. The number of aromatic nitrogens is 3. The smallest absolute Gasteiger partial charge is 0.277 e. The number of likely N-dealkylation sites (N-methyl/N-ethyl adjacent to an activating group) is 1. The van der Waals surface area contributed by atoms with Crippen molar-refractivity contribution in [1.29, 1.82) is 0 Å². The van der Waals surface area contributed by atoms with Crippen molar-refractivity contribution >= 4 is 28.4 Å². The third-order valence-corrected chi connectivity index (χ3v) is 5.99. The Bertz CT molecular complexity index is 1160. The Hall–Kier alpha value is -3.43. The van der Waals surface area contributed by atoms with Crippen LogP contribution in [-0.2, 0) is 16.1 Å². The van der Waals surface area contributed by atoms with Gasteiger partial charge in [0.2, 0.25) is 12.1 Å². The molecular weight excluding hydrogens is 430 g/mol. The van der Waals surface area contributed by atoms with E-state index in [1.165, 1.54) is 0 Å². The molecule has 1 saturated heterocycles. The number of piperidine rings is 1. The minimum atomic E-state index is -0.835. The van der Waals surface area contributed by atoms with Crippen molar-refractivity contribution in [2.75, 3.05) is 32.1 Å². The molecule has 9 heteroatoms. The van der Waals surface area contributed by atoms with Gasteiger partial charge in [-0.15, -0.1) is 0 Å². The van der Waals surface area contributed by atoms with Crippen molar-refractivity contribution in [2.24, 2.45) is 5.73 Å². The van der Waals surface area contributed by atoms with E-state index >= 15 is 0 Å². The zero-order chi connectivity index (χ0) is 24.1. The maximum absolute atomic E-state index is 13.2. The van der Waals surface area contributed by atoms with Crippen LogP contribution in [0.2, 0.25) is 0 Å². The number of hydrogen-bond acceptors (Lipinski definition) is 7. The lowest BCUT2D eigenvalue weighted by atomic mass is 10.0. The van der Waals surface area contributed by atoms with Crippen LogP contribution in [-0.4, -0.2) is 65.0 Å². The van der Waals surface area contributed by atoms with Crippen LogP contribution in [0.15, 0.2) is 55.0 Å². The number of pyridine rings is 1. The minimum absolute atomic E-state index is 0.161. The number of fused-ring (bicyclic) bond motifs is 1. The molecule has 1 aliphatic rings. The van der Waals surface area contributed by atoms with Crippen molar-refractivity contribution in [3.05, 3.63) is 60.6 Å². The molecule has 3 heterocycles. The van der Waals surface area contributed by atoms with Gasteiger partial charge in [-0.05, 0) is 52.1 Å². The highest BCUT2D eigenvalue weighted by Gasteiger charge is 2.26. The number of anilines is 1. The molecule has 1 aliphatic heterocycles. The number of carbonyl (C=O) groups is 1. The molecule has 9 nitrogen and oxygen atoms in total. The molecule has 1 amide bonds. The van der Waals surface area contributed by atoms with Crippen molar-refractivity contribution in [3.8, 4) is 0 Å². The number of carbonyl (C=O) groups excluding carboxylic acids is 1. The topological polar surface area (TPSA) is 102 Å². The predicted molar refractivity (Wildman–Crippen MR) is 134 cm³/mol. The van der Waals surface area contributed by atoms with E-state index in [1.807, 2.05) is 57.4 Å². The van der Waals surface area contributed by atoms with E-state index < -0.39 is 6.23 Å². The molecular formula is C25H33N7O2. The van der Waals surface area contributed by atoms with E-state index in [0.29, 0.717) is 12.4 Å². The summed E-state index contributed by atoms with van der Waals surface area (Å²) in [5.41, 5.74) is 9.10. The van der Waals surface area contributed by atoms with Gasteiger partial charge in [0.15, 0.2) is 0 Å². The summed E-state index contributed by atoms with van der Waals surface area (Å²) in [6.45, 7) is 3.96. The number of ether oxygens (including phenoxy) is 1. The molecule has 3 aromatic rings. The third-order valence-electron chi connectivity index (χ3n) is 5.99. The first-order valence-corrected chi connectivity index (χ1v) is 11.6. The second-order valence-corrected chi connectivity index (χ2v) is 8.75. The van der Waals surface area contributed by atoms with Gasteiger partial charge in [0.25, 0.3) is 5.91 Å². The fraction of sp³-hybridized carbons (Fsp3) is 0.400. The van der Waals surface area contributed by atoms with Gasteiger partial charge in [0.1, 0.15) is 0 Å². The summed E-state index contributed by atoms with van der Waals surface area (Å²) in [5, 5.41) is 8.47. The van der Waals surface area contributed by atoms with Crippen LogP contribution in [0.3, 0.4) is 0 Å². The second-order valence-electron chi connectivity index (χ2n) is 8.75. The lowest BCUT2D eigenvalue weighted by Crippen LogP contribution is -2.45. The van der Waals surface area contributed by atoms with E-state index in [1.54, 1.807) is 28.2 Å². The van der Waals surface area contributed by atoms with E-state index in [0.717, 1.165) is 48.1 Å². The molecule has 4 rings (SSSR count). The Kier molecular flexibility index (Phi) is 7.44. The second kappa shape index (κ2) is 10.7. The van der Waals surface area contributed by atoms with Gasteiger partial charge in [-0.1, -0.05) is 18.2 Å². The molecule has 0 bridgehead atoms. The van der Waals surface area contributed by atoms with E-state index in [2.05, 4.69) is 20.3 Å². The largest absolute Gasteiger partial charge is 0.449 e. The Morgan fingerprint density at radius 1 is 1.32 bits per heavy atom. The first-order chi connectivity index (χ1) is 16.5. The lowest BCUT2D eigenvalue weighted by molar-refractivity contribution is -0.137. The molecule has 0 radical (unpaired) electrons. The Morgan fingerprint density at radius 3 is 2.91 bits per heavy atom. The minimum Gasteiger partial charge on any atom is -0.449 e. The van der Waals surface area contributed by atoms with Gasteiger partial charge in [0.05, 0.1) is 11.7 Å². The first-order valence-electron chi connectivity index (χ1n) is 11.6. The standard InChI is InChI=1S/C25H33N7O2/c1-4-23(32-22-10-6-5-8-18(22)16-29-32)34-25(30(2)3)24(33)28-15-19-14-27-12-11-21(19)31-13-7-9-20(26)17-31/h4-6,8,10-12,14,16,20,25H,7,9,13,15,17,26H2,1-3H3,(H,28,33). The third kappa shape index (κ3) is 5.21. The number of benzene rings is 1. The highest BCUT2D eigenvalue weighted by molar-refractivity contribution is 5.83. The summed E-state index contributed by atoms with van der Waals surface area (Å²) < 4.78 is 7.86. The van der Waals surface area contributed by atoms with Gasteiger partial charge in [-0.25, -0.2) is 4.68 Å². The number of nitrogens with one attached hydrogen (secondary N) is 1. The van der Waals surface area contributed by atoms with Gasteiger partial charge in [0, 0.05) is 54.7 Å². The molecule has 2 aromatic heterocycles. The van der Waals surface area contributed by atoms with Crippen LogP contribution in [0.1, 0.15) is 25.3 Å². The van der Waals surface area contributed by atoms with Gasteiger partial charge >= 0.3 is 0 Å². The van der Waals surface area contributed by atoms with Crippen LogP contribution in [0.5, 0.6) is 0 Å². The number of nitrogens with two attached hydrogens (primary N) is 1. The molecule has 1 fully saturated rings. The zero-order valence-electron chi connectivity index (χ0n) is 20.0. The number of nitrogens with zero attached hydrogens (tertiary/aromatic N) is 5. The number of amides is 1. The lowest BCUT2D eigenvalue weighted by Gasteiger charge is -2.34. The van der Waals surface area contributed by atoms with Crippen LogP contribution >= 0.6 is 0 Å². The Morgan fingerprint density at radius 2 is 2.15 bits per heavy atom. The summed E-state index contributed by atoms with van der Waals surface area (Å²) in [6.07, 6.45) is 8.42. The summed E-state index contributed by atoms with van der Waals surface area (Å²) in [7, 11) is 3.62. The first kappa shape index (κ1) is 23.7. The average Bonchev–Trinajstić information content (AvgIpc) is 3.27. The predicted octanol–water partition coefficient (Wildman–Crippen LogP) is 2.40. The molecule has 1 aromatic carbocycles. The number of allylic oxidation sites excluding steroid dienone is 1. The van der Waals surface area contributed by atoms with Crippen molar-refractivity contribution in [2.45, 2.75) is 38.6 Å². The van der Waals surface area contributed by atoms with Crippen LogP contribution in [0.4, 0.5) is 5.69 Å². The molecule has 0 spiro atoms. The summed E-state index contributed by atoms with van der Waals surface area (Å²) in [4.78, 5) is 21.5. The highest BCUT2D eigenvalue weighted by Crippen LogP contribution is 2.23. The van der Waals surface area contributed by atoms with E-state index in [-0.39, 0.29) is 11.9 Å². The molecule has 2 atom stereocenters. The Labute approximate surface area is 200 Å². The maximum Gasteiger partial charge on any atom is 0.277 e. The summed E-state index contributed by atoms with van der Waals surface area (Å²) in [6, 6.07) is 10.0. The highest BCUT2D eigenvalue weighted by atomic mass is 16.5. The number of hydrogen-bond donors (Lipinski definition) is 2. The number of para-hydroxylation sites is 1. The van der Waals surface area contributed by atoms with Crippen molar-refractivity contribution < 1.29 is 9.53 Å². The van der Waals surface area contributed by atoms with Crippen molar-refractivity contribution in [1.82, 2.24) is 25.0 Å². The van der Waals surface area contributed by atoms with Crippen LogP contribution in [0.25, 0.3) is 16.8 Å². The van der Waals surface area contributed by atoms with Crippen molar-refractivity contribution in [3.63, 3.8) is 0 Å². The zero-order valence-corrected chi connectivity index (χ0v) is 20.0. The SMILES string of the molecule is CC=C(OC(C(=O)NCc1cnccc1N1CCCC(N)C1)N(C)C)n1ncc2ccccc21. The quantitative estimate of drug-likeness (QED) is 0.391. The normalized spacial score (nSPS) is 17.7. The van der Waals surface area contributed by atoms with Crippen LogP contribution in [0, 0.1) is 0 Å². The van der Waals surface area contributed by atoms with Crippen LogP contribution < -0.4 is 16.0 Å². The molecule has 2 unspecified atom stereocenters. The molecule has 0 saturated carbocycles. The fourth-order valence-corrected chi connectivity index (χ4v) is 4.26. The van der Waals surface area contributed by atoms with Gasteiger partial charge in [-0.3, -0.25) is 14.7 Å². The summed E-state index contributed by atoms with van der Waals surface area (Å²) in [5.74, 6) is 0.241. The van der Waals surface area contributed by atoms with E-state index in [4.69, 9.17) is 10.5 Å². The van der Waals surface area contributed by atoms with Gasteiger partial charge in [-0.2, -0.15) is 5.10 Å². The maximum atomic E-state index is 13.2. The van der Waals surface area contributed by atoms with Gasteiger partial charge < -0.3 is 20.7 Å². The molecule has 3 N–H and O–H groups in total. The average molecular weight is 464 g/mol.